The third kappa shape index (κ3) is 4.31. The molecule has 3 rings (SSSR count). The molecule has 0 spiro atoms. The molecule has 0 amide bonds. The van der Waals surface area contributed by atoms with Crippen LogP contribution in [0.3, 0.4) is 0 Å². The van der Waals surface area contributed by atoms with E-state index < -0.39 is 16.8 Å². The van der Waals surface area contributed by atoms with E-state index >= 15 is 0 Å². The second-order valence-corrected chi connectivity index (χ2v) is 7.52. The van der Waals surface area contributed by atoms with Crippen LogP contribution in [0.5, 0.6) is 5.75 Å². The molecule has 1 unspecified atom stereocenters. The predicted octanol–water partition coefficient (Wildman–Crippen LogP) is 4.85. The molecule has 3 aromatic carbocycles. The molecule has 28 heavy (non-hydrogen) atoms. The molecule has 0 heterocycles. The van der Waals surface area contributed by atoms with Crippen LogP contribution in [-0.2, 0) is 21.3 Å². The van der Waals surface area contributed by atoms with Crippen LogP contribution in [0, 0.1) is 0 Å². The Balaban J connectivity index is 2.09. The van der Waals surface area contributed by atoms with Gasteiger partial charge in [0.2, 0.25) is 0 Å². The number of hydrogen-bond donors (Lipinski definition) is 0. The third-order valence-corrected chi connectivity index (χ3v) is 5.68. The van der Waals surface area contributed by atoms with Crippen LogP contribution >= 0.6 is 0 Å². The van der Waals surface area contributed by atoms with Gasteiger partial charge in [0.1, 0.15) is 11.3 Å². The first-order valence-corrected chi connectivity index (χ1v) is 10.3. The average Bonchev–Trinajstić information content (AvgIpc) is 2.74. The quantitative estimate of drug-likeness (QED) is 0.538. The number of esters is 1. The highest BCUT2D eigenvalue weighted by atomic mass is 32.2. The van der Waals surface area contributed by atoms with E-state index in [4.69, 9.17) is 9.47 Å². The van der Waals surface area contributed by atoms with Crippen LogP contribution in [0.1, 0.15) is 22.8 Å². The summed E-state index contributed by atoms with van der Waals surface area (Å²) in [5, 5.41) is 0. The molecule has 0 aliphatic carbocycles. The average molecular weight is 394 g/mol. The summed E-state index contributed by atoms with van der Waals surface area (Å²) in [6.45, 7) is 2.01. The van der Waals surface area contributed by atoms with E-state index in [9.17, 15) is 9.00 Å². The van der Waals surface area contributed by atoms with Crippen molar-refractivity contribution < 1.29 is 18.5 Å². The Morgan fingerprint density at radius 1 is 0.929 bits per heavy atom. The van der Waals surface area contributed by atoms with Crippen LogP contribution in [0.4, 0.5) is 0 Å². The zero-order valence-electron chi connectivity index (χ0n) is 15.9. The maximum Gasteiger partial charge on any atom is 0.342 e. The fraction of sp³-hybridized carbons (Fsp3) is 0.174. The van der Waals surface area contributed by atoms with Crippen LogP contribution in [0.15, 0.2) is 77.7 Å². The number of ether oxygens (including phenoxy) is 2. The van der Waals surface area contributed by atoms with Gasteiger partial charge in [-0.05, 0) is 30.2 Å². The van der Waals surface area contributed by atoms with Crippen molar-refractivity contribution in [3.8, 4) is 16.9 Å². The highest BCUT2D eigenvalue weighted by Gasteiger charge is 2.23. The molecule has 5 heteroatoms. The Morgan fingerprint density at radius 2 is 1.57 bits per heavy atom. The predicted molar refractivity (Wildman–Crippen MR) is 111 cm³/mol. The molecule has 0 radical (unpaired) electrons. The first kappa shape index (κ1) is 19.8. The Bertz CT molecular complexity index is 969. The summed E-state index contributed by atoms with van der Waals surface area (Å²) in [6.07, 6.45) is 0. The number of rotatable bonds is 7. The molecule has 0 aliphatic rings. The second kappa shape index (κ2) is 9.33. The maximum absolute atomic E-state index is 12.8. The molecular formula is C23H22O4S. The summed E-state index contributed by atoms with van der Waals surface area (Å²) in [6, 6.07) is 22.6. The molecule has 4 nitrogen and oxygen atoms in total. The van der Waals surface area contributed by atoms with Crippen molar-refractivity contribution in [2.24, 2.45) is 0 Å². The number of benzene rings is 3. The largest absolute Gasteiger partial charge is 0.495 e. The van der Waals surface area contributed by atoms with Crippen LogP contribution in [-0.4, -0.2) is 23.9 Å². The maximum atomic E-state index is 12.8. The molecule has 0 bridgehead atoms. The lowest BCUT2D eigenvalue weighted by atomic mass is 9.98. The standard InChI is InChI=1S/C23H22O4S/c1-3-27-23(24)21-18(16-28(25)19-12-8-5-9-13-19)14-15-20(22(21)26-2)17-10-6-4-7-11-17/h4-15H,3,16H2,1-2H3. The first-order chi connectivity index (χ1) is 13.7. The van der Waals surface area contributed by atoms with Crippen LogP contribution in [0.2, 0.25) is 0 Å². The zero-order valence-corrected chi connectivity index (χ0v) is 16.7. The van der Waals surface area contributed by atoms with E-state index in [1.165, 1.54) is 7.11 Å². The fourth-order valence-corrected chi connectivity index (χ4v) is 4.18. The van der Waals surface area contributed by atoms with Crippen molar-refractivity contribution in [1.29, 1.82) is 0 Å². The molecule has 1 atom stereocenters. The van der Waals surface area contributed by atoms with Crippen LogP contribution < -0.4 is 4.74 Å². The summed E-state index contributed by atoms with van der Waals surface area (Å²) >= 11 is 0. The minimum atomic E-state index is -1.29. The highest BCUT2D eigenvalue weighted by Crippen LogP contribution is 2.36. The summed E-state index contributed by atoms with van der Waals surface area (Å²) in [5.74, 6) is 0.160. The van der Waals surface area contributed by atoms with Gasteiger partial charge in [0, 0.05) is 10.5 Å². The zero-order chi connectivity index (χ0) is 19.9. The van der Waals surface area contributed by atoms with Gasteiger partial charge in [-0.15, -0.1) is 0 Å². The van der Waals surface area contributed by atoms with Crippen molar-refractivity contribution in [2.45, 2.75) is 17.6 Å². The Labute approximate surface area is 167 Å². The van der Waals surface area contributed by atoms with Gasteiger partial charge < -0.3 is 9.47 Å². The second-order valence-electron chi connectivity index (χ2n) is 6.07. The molecule has 0 saturated heterocycles. The number of carbonyl (C=O) groups excluding carboxylic acids is 1. The van der Waals surface area contributed by atoms with Gasteiger partial charge in [0.25, 0.3) is 0 Å². The Kier molecular flexibility index (Phi) is 6.61. The Morgan fingerprint density at radius 3 is 2.18 bits per heavy atom. The van der Waals surface area contributed by atoms with Gasteiger partial charge in [-0.3, -0.25) is 4.21 Å². The van der Waals surface area contributed by atoms with Gasteiger partial charge in [0.15, 0.2) is 0 Å². The lowest BCUT2D eigenvalue weighted by Gasteiger charge is -2.17. The van der Waals surface area contributed by atoms with Gasteiger partial charge in [-0.1, -0.05) is 60.7 Å². The number of carbonyl (C=O) groups is 1. The summed E-state index contributed by atoms with van der Waals surface area (Å²) in [7, 11) is 0.240. The van der Waals surface area contributed by atoms with E-state index in [0.29, 0.717) is 21.8 Å². The lowest BCUT2D eigenvalue weighted by molar-refractivity contribution is 0.0522. The van der Waals surface area contributed by atoms with E-state index in [1.807, 2.05) is 72.8 Å². The van der Waals surface area contributed by atoms with Crippen molar-refractivity contribution in [3.05, 3.63) is 83.9 Å². The molecular weight excluding hydrogens is 372 g/mol. The van der Waals surface area contributed by atoms with Crippen molar-refractivity contribution in [3.63, 3.8) is 0 Å². The monoisotopic (exact) mass is 394 g/mol. The molecule has 0 saturated carbocycles. The molecule has 0 N–H and O–H groups in total. The number of hydrogen-bond acceptors (Lipinski definition) is 4. The third-order valence-electron chi connectivity index (χ3n) is 4.31. The minimum Gasteiger partial charge on any atom is -0.495 e. The molecule has 0 fully saturated rings. The summed E-state index contributed by atoms with van der Waals surface area (Å²) in [5.41, 5.74) is 2.69. The molecule has 0 aliphatic heterocycles. The lowest BCUT2D eigenvalue weighted by Crippen LogP contribution is -2.12. The van der Waals surface area contributed by atoms with E-state index in [-0.39, 0.29) is 12.4 Å². The molecule has 0 aromatic heterocycles. The van der Waals surface area contributed by atoms with E-state index in [0.717, 1.165) is 11.1 Å². The van der Waals surface area contributed by atoms with Crippen molar-refractivity contribution in [1.82, 2.24) is 0 Å². The van der Waals surface area contributed by atoms with Crippen molar-refractivity contribution >= 4 is 16.8 Å². The fourth-order valence-electron chi connectivity index (χ4n) is 3.02. The van der Waals surface area contributed by atoms with E-state index in [2.05, 4.69) is 0 Å². The summed E-state index contributed by atoms with van der Waals surface area (Å²) < 4.78 is 23.7. The van der Waals surface area contributed by atoms with E-state index in [1.54, 1.807) is 6.92 Å². The Hall–Kier alpha value is -2.92. The molecule has 144 valence electrons. The first-order valence-electron chi connectivity index (χ1n) is 9.01. The van der Waals surface area contributed by atoms with Gasteiger partial charge in [-0.25, -0.2) is 4.79 Å². The molecule has 3 aromatic rings. The highest BCUT2D eigenvalue weighted by molar-refractivity contribution is 7.84. The normalized spacial score (nSPS) is 11.6. The SMILES string of the molecule is CCOC(=O)c1c(CS(=O)c2ccccc2)ccc(-c2ccccc2)c1OC. The summed E-state index contributed by atoms with van der Waals surface area (Å²) in [4.78, 5) is 13.5. The van der Waals surface area contributed by atoms with Crippen LogP contribution in [0.25, 0.3) is 11.1 Å². The van der Waals surface area contributed by atoms with Gasteiger partial charge >= 0.3 is 5.97 Å². The minimum absolute atomic E-state index is 0.198. The van der Waals surface area contributed by atoms with Gasteiger partial charge in [0.05, 0.1) is 30.3 Å². The van der Waals surface area contributed by atoms with Gasteiger partial charge in [-0.2, -0.15) is 0 Å². The number of methoxy groups -OCH3 is 1. The topological polar surface area (TPSA) is 52.6 Å². The smallest absolute Gasteiger partial charge is 0.342 e. The van der Waals surface area contributed by atoms with Crippen molar-refractivity contribution in [2.75, 3.05) is 13.7 Å².